The van der Waals surface area contributed by atoms with Gasteiger partial charge in [0.1, 0.15) is 5.75 Å². The summed E-state index contributed by atoms with van der Waals surface area (Å²) in [5, 5.41) is 12.7. The average molecular weight is 326 g/mol. The van der Waals surface area contributed by atoms with Crippen LogP contribution >= 0.6 is 15.9 Å². The minimum atomic E-state index is 0.231. The standard InChI is InChI=1S/C15H20BrNO2/c1-10(17-12-4-3-11(7-12)9-18)14-6-5-13(19-2)8-15(14)16/h3-6,8,10-12,17-18H,7,9H2,1-2H3/t10-,11-,12+/m0/s1. The zero-order valence-corrected chi connectivity index (χ0v) is 12.9. The summed E-state index contributed by atoms with van der Waals surface area (Å²) < 4.78 is 6.25. The summed E-state index contributed by atoms with van der Waals surface area (Å²) in [7, 11) is 1.67. The fourth-order valence-electron chi connectivity index (χ4n) is 2.43. The third-order valence-corrected chi connectivity index (χ3v) is 4.23. The zero-order chi connectivity index (χ0) is 13.8. The van der Waals surface area contributed by atoms with Crippen molar-refractivity contribution < 1.29 is 9.84 Å². The van der Waals surface area contributed by atoms with E-state index in [4.69, 9.17) is 9.84 Å². The van der Waals surface area contributed by atoms with E-state index in [0.29, 0.717) is 12.0 Å². The van der Waals surface area contributed by atoms with Crippen LogP contribution in [-0.4, -0.2) is 24.9 Å². The minimum Gasteiger partial charge on any atom is -0.497 e. The Bertz CT molecular complexity index is 461. The molecule has 3 nitrogen and oxygen atoms in total. The van der Waals surface area contributed by atoms with Gasteiger partial charge in [0.2, 0.25) is 0 Å². The lowest BCUT2D eigenvalue weighted by molar-refractivity contribution is 0.245. The number of ether oxygens (including phenoxy) is 1. The molecule has 19 heavy (non-hydrogen) atoms. The Hall–Kier alpha value is -0.840. The van der Waals surface area contributed by atoms with Crippen LogP contribution in [0.3, 0.4) is 0 Å². The molecule has 104 valence electrons. The molecule has 1 aromatic carbocycles. The van der Waals surface area contributed by atoms with Crippen molar-refractivity contribution in [1.29, 1.82) is 0 Å². The van der Waals surface area contributed by atoms with Gasteiger partial charge in [-0.2, -0.15) is 0 Å². The van der Waals surface area contributed by atoms with Gasteiger partial charge in [-0.3, -0.25) is 0 Å². The van der Waals surface area contributed by atoms with E-state index in [1.165, 1.54) is 5.56 Å². The molecule has 4 heteroatoms. The first kappa shape index (κ1) is 14.6. The Kier molecular flexibility index (Phi) is 5.02. The Morgan fingerprint density at radius 3 is 2.84 bits per heavy atom. The predicted octanol–water partition coefficient (Wildman–Crippen LogP) is 3.05. The number of rotatable bonds is 5. The third-order valence-electron chi connectivity index (χ3n) is 3.54. The second kappa shape index (κ2) is 6.55. The Morgan fingerprint density at radius 2 is 2.26 bits per heavy atom. The molecule has 1 aromatic rings. The minimum absolute atomic E-state index is 0.231. The molecule has 0 unspecified atom stereocenters. The number of methoxy groups -OCH3 is 1. The fraction of sp³-hybridized carbons (Fsp3) is 0.467. The molecule has 0 saturated heterocycles. The van der Waals surface area contributed by atoms with Crippen LogP contribution in [0.4, 0.5) is 0 Å². The Balaban J connectivity index is 2.00. The van der Waals surface area contributed by atoms with Crippen LogP contribution in [0.5, 0.6) is 5.75 Å². The number of aliphatic hydroxyl groups is 1. The average Bonchev–Trinajstić information content (AvgIpc) is 2.86. The normalized spacial score (nSPS) is 23.6. The van der Waals surface area contributed by atoms with E-state index in [1.807, 2.05) is 12.1 Å². The number of nitrogens with one attached hydrogen (secondary N) is 1. The highest BCUT2D eigenvalue weighted by molar-refractivity contribution is 9.10. The lowest BCUT2D eigenvalue weighted by Crippen LogP contribution is -2.29. The molecule has 0 saturated carbocycles. The van der Waals surface area contributed by atoms with E-state index in [1.54, 1.807) is 7.11 Å². The van der Waals surface area contributed by atoms with Gasteiger partial charge < -0.3 is 15.2 Å². The van der Waals surface area contributed by atoms with Crippen molar-refractivity contribution in [1.82, 2.24) is 5.32 Å². The SMILES string of the molecule is COc1ccc([C@H](C)N[C@@H]2C=C[C@H](CO)C2)c(Br)c1. The maximum absolute atomic E-state index is 9.14. The van der Waals surface area contributed by atoms with Crippen LogP contribution in [0, 0.1) is 5.92 Å². The molecular formula is C15H20BrNO2. The predicted molar refractivity (Wildman–Crippen MR) is 80.4 cm³/mol. The highest BCUT2D eigenvalue weighted by Gasteiger charge is 2.20. The maximum Gasteiger partial charge on any atom is 0.120 e. The quantitative estimate of drug-likeness (QED) is 0.817. The second-order valence-corrected chi connectivity index (χ2v) is 5.80. The van der Waals surface area contributed by atoms with Gasteiger partial charge in [0, 0.05) is 29.1 Å². The first-order chi connectivity index (χ1) is 9.13. The highest BCUT2D eigenvalue weighted by atomic mass is 79.9. The first-order valence-corrected chi connectivity index (χ1v) is 7.32. The zero-order valence-electron chi connectivity index (χ0n) is 11.3. The van der Waals surface area contributed by atoms with Crippen molar-refractivity contribution in [2.24, 2.45) is 5.92 Å². The van der Waals surface area contributed by atoms with Gasteiger partial charge in [0.05, 0.1) is 7.11 Å². The first-order valence-electron chi connectivity index (χ1n) is 6.52. The highest BCUT2D eigenvalue weighted by Crippen LogP contribution is 2.29. The topological polar surface area (TPSA) is 41.5 Å². The molecular weight excluding hydrogens is 306 g/mol. The molecule has 0 fully saturated rings. The smallest absolute Gasteiger partial charge is 0.120 e. The van der Waals surface area contributed by atoms with Crippen molar-refractivity contribution >= 4 is 15.9 Å². The van der Waals surface area contributed by atoms with E-state index in [9.17, 15) is 0 Å². The van der Waals surface area contributed by atoms with E-state index in [2.05, 4.69) is 46.4 Å². The molecule has 0 heterocycles. The summed E-state index contributed by atoms with van der Waals surface area (Å²) in [5.41, 5.74) is 1.21. The van der Waals surface area contributed by atoms with E-state index in [-0.39, 0.29) is 12.6 Å². The van der Waals surface area contributed by atoms with Crippen molar-refractivity contribution in [3.63, 3.8) is 0 Å². The van der Waals surface area contributed by atoms with Crippen LogP contribution in [-0.2, 0) is 0 Å². The number of benzene rings is 1. The molecule has 0 aliphatic heterocycles. The molecule has 1 aliphatic rings. The second-order valence-electron chi connectivity index (χ2n) is 4.95. The summed E-state index contributed by atoms with van der Waals surface area (Å²) in [4.78, 5) is 0. The molecule has 0 amide bonds. The summed E-state index contributed by atoms with van der Waals surface area (Å²) in [6.45, 7) is 2.38. The van der Waals surface area contributed by atoms with Crippen molar-refractivity contribution in [3.8, 4) is 5.75 Å². The number of hydrogen-bond acceptors (Lipinski definition) is 3. The van der Waals surface area contributed by atoms with Crippen molar-refractivity contribution in [3.05, 3.63) is 40.4 Å². The van der Waals surface area contributed by atoms with Crippen molar-refractivity contribution in [2.45, 2.75) is 25.4 Å². The van der Waals surface area contributed by atoms with Crippen LogP contribution in [0.25, 0.3) is 0 Å². The number of aliphatic hydroxyl groups excluding tert-OH is 1. The fourth-order valence-corrected chi connectivity index (χ4v) is 3.13. The third kappa shape index (κ3) is 3.59. The summed E-state index contributed by atoms with van der Waals surface area (Å²) in [6.07, 6.45) is 5.21. The lowest BCUT2D eigenvalue weighted by atomic mass is 10.1. The van der Waals surface area contributed by atoms with Gasteiger partial charge in [-0.25, -0.2) is 0 Å². The van der Waals surface area contributed by atoms with E-state index < -0.39 is 0 Å². The van der Waals surface area contributed by atoms with Crippen LogP contribution < -0.4 is 10.1 Å². The van der Waals surface area contributed by atoms with E-state index >= 15 is 0 Å². The van der Waals surface area contributed by atoms with Gasteiger partial charge in [0.25, 0.3) is 0 Å². The lowest BCUT2D eigenvalue weighted by Gasteiger charge is -2.21. The summed E-state index contributed by atoms with van der Waals surface area (Å²) >= 11 is 3.59. The maximum atomic E-state index is 9.14. The molecule has 2 rings (SSSR count). The monoisotopic (exact) mass is 325 g/mol. The summed E-state index contributed by atoms with van der Waals surface area (Å²) in [6, 6.07) is 6.60. The molecule has 0 radical (unpaired) electrons. The Morgan fingerprint density at radius 1 is 1.47 bits per heavy atom. The van der Waals surface area contributed by atoms with E-state index in [0.717, 1.165) is 16.6 Å². The van der Waals surface area contributed by atoms with Gasteiger partial charge >= 0.3 is 0 Å². The molecule has 0 spiro atoms. The van der Waals surface area contributed by atoms with Gasteiger partial charge in [0.15, 0.2) is 0 Å². The molecule has 1 aliphatic carbocycles. The number of halogens is 1. The van der Waals surface area contributed by atoms with Crippen LogP contribution in [0.1, 0.15) is 24.9 Å². The molecule has 0 bridgehead atoms. The molecule has 3 atom stereocenters. The number of hydrogen-bond donors (Lipinski definition) is 2. The van der Waals surface area contributed by atoms with Gasteiger partial charge in [-0.05, 0) is 31.0 Å². The van der Waals surface area contributed by atoms with Crippen LogP contribution in [0.15, 0.2) is 34.8 Å². The van der Waals surface area contributed by atoms with Gasteiger partial charge in [-0.15, -0.1) is 0 Å². The van der Waals surface area contributed by atoms with Crippen LogP contribution in [0.2, 0.25) is 0 Å². The van der Waals surface area contributed by atoms with Crippen molar-refractivity contribution in [2.75, 3.05) is 13.7 Å². The summed E-state index contributed by atoms with van der Waals surface area (Å²) in [5.74, 6) is 1.15. The Labute approximate surface area is 122 Å². The largest absolute Gasteiger partial charge is 0.497 e. The molecule has 0 aromatic heterocycles. The van der Waals surface area contributed by atoms with Gasteiger partial charge in [-0.1, -0.05) is 34.1 Å². The molecule has 2 N–H and O–H groups in total.